The zero-order valence-electron chi connectivity index (χ0n) is 21.3. The maximum atomic E-state index is 12.4. The summed E-state index contributed by atoms with van der Waals surface area (Å²) in [5.74, 6) is 0.204. The van der Waals surface area contributed by atoms with Crippen molar-refractivity contribution in [3.05, 3.63) is 41.3 Å². The van der Waals surface area contributed by atoms with Crippen LogP contribution in [0.2, 0.25) is 0 Å². The molecule has 188 valence electrons. The number of aryl methyl sites for hydroxylation is 1. The van der Waals surface area contributed by atoms with Crippen LogP contribution in [-0.2, 0) is 15.1 Å². The number of thiazole rings is 1. The van der Waals surface area contributed by atoms with Crippen molar-refractivity contribution in [1.29, 1.82) is 0 Å². The van der Waals surface area contributed by atoms with Gasteiger partial charge in [-0.2, -0.15) is 0 Å². The van der Waals surface area contributed by atoms with Gasteiger partial charge in [0.2, 0.25) is 5.95 Å². The lowest BCUT2D eigenvalue weighted by Gasteiger charge is -2.34. The fraction of sp³-hybridized carbons (Fsp3) is 0.538. The Kier molecular flexibility index (Phi) is 7.02. The fourth-order valence-electron chi connectivity index (χ4n) is 4.26. The Bertz CT molecular complexity index is 1190. The van der Waals surface area contributed by atoms with Crippen molar-refractivity contribution < 1.29 is 14.6 Å². The third-order valence-corrected chi connectivity index (χ3v) is 7.35. The van der Waals surface area contributed by atoms with E-state index in [2.05, 4.69) is 40.3 Å². The first-order valence-corrected chi connectivity index (χ1v) is 13.0. The first kappa shape index (κ1) is 25.3. The predicted molar refractivity (Wildman–Crippen MR) is 138 cm³/mol. The summed E-state index contributed by atoms with van der Waals surface area (Å²) in [6, 6.07) is 6.44. The molecule has 1 fully saturated rings. The average molecular weight is 498 g/mol. The highest BCUT2D eigenvalue weighted by atomic mass is 32.1. The first-order valence-electron chi connectivity index (χ1n) is 12.1. The molecule has 3 aromatic rings. The minimum atomic E-state index is -1.01. The van der Waals surface area contributed by atoms with Gasteiger partial charge in [-0.3, -0.25) is 4.79 Å². The second kappa shape index (κ2) is 9.70. The number of hydrogen-bond acceptors (Lipinski definition) is 8. The molecular formula is C26H35N5O3S. The molecule has 2 aromatic heterocycles. The summed E-state index contributed by atoms with van der Waals surface area (Å²) < 4.78 is 7.35. The molecule has 0 unspecified atom stereocenters. The van der Waals surface area contributed by atoms with Crippen molar-refractivity contribution in [3.63, 3.8) is 0 Å². The Morgan fingerprint density at radius 1 is 1.23 bits per heavy atom. The van der Waals surface area contributed by atoms with E-state index in [1.165, 1.54) is 11.3 Å². The highest BCUT2D eigenvalue weighted by Crippen LogP contribution is 2.43. The molecule has 0 bridgehead atoms. The topological polar surface area (TPSA) is 102 Å². The molecule has 35 heavy (non-hydrogen) atoms. The molecule has 1 aliphatic rings. The standard InChI is InChI=1S/C26H35N5O3S/c1-16(2)31-15-28-24(30-31)29-20-12-17(3)11-19(13-20)21-14-27-23(35-21)26(33)9-7-18(8-10-26)22(32)34-25(4,5)6/h11-16,18,33H,7-10H2,1-6H3,(H,29,30)/t18-,26+. The third kappa shape index (κ3) is 6.08. The number of esters is 1. The van der Waals surface area contributed by atoms with E-state index in [4.69, 9.17) is 4.74 Å². The number of benzene rings is 1. The van der Waals surface area contributed by atoms with Gasteiger partial charge in [-0.15, -0.1) is 16.4 Å². The van der Waals surface area contributed by atoms with Crippen LogP contribution >= 0.6 is 11.3 Å². The third-order valence-electron chi connectivity index (χ3n) is 6.11. The van der Waals surface area contributed by atoms with Gasteiger partial charge in [0.05, 0.1) is 10.8 Å². The Labute approximate surface area is 210 Å². The van der Waals surface area contributed by atoms with Crippen LogP contribution in [0.5, 0.6) is 0 Å². The Balaban J connectivity index is 1.47. The molecule has 0 spiro atoms. The minimum Gasteiger partial charge on any atom is -0.460 e. The van der Waals surface area contributed by atoms with Crippen LogP contribution < -0.4 is 5.32 Å². The number of aliphatic hydroxyl groups is 1. The number of ether oxygens (including phenoxy) is 1. The van der Waals surface area contributed by atoms with Crippen molar-refractivity contribution in [3.8, 4) is 10.4 Å². The van der Waals surface area contributed by atoms with E-state index in [-0.39, 0.29) is 17.9 Å². The largest absolute Gasteiger partial charge is 0.460 e. The van der Waals surface area contributed by atoms with Crippen LogP contribution in [0, 0.1) is 12.8 Å². The van der Waals surface area contributed by atoms with Gasteiger partial charge in [-0.05, 0) is 90.5 Å². The summed E-state index contributed by atoms with van der Waals surface area (Å²) in [4.78, 5) is 22.4. The smallest absolute Gasteiger partial charge is 0.309 e. The van der Waals surface area contributed by atoms with Crippen LogP contribution in [0.4, 0.5) is 11.6 Å². The predicted octanol–water partition coefficient (Wildman–Crippen LogP) is 5.75. The number of carbonyl (C=O) groups excluding carboxylic acids is 1. The Morgan fingerprint density at radius 2 is 1.94 bits per heavy atom. The molecule has 0 aliphatic heterocycles. The second-order valence-corrected chi connectivity index (χ2v) is 11.8. The molecule has 0 radical (unpaired) electrons. The number of nitrogens with zero attached hydrogens (tertiary/aromatic N) is 4. The highest BCUT2D eigenvalue weighted by molar-refractivity contribution is 7.15. The average Bonchev–Trinajstić information content (AvgIpc) is 3.43. The van der Waals surface area contributed by atoms with Gasteiger partial charge >= 0.3 is 5.97 Å². The van der Waals surface area contributed by atoms with Crippen LogP contribution in [0.1, 0.15) is 76.9 Å². The van der Waals surface area contributed by atoms with E-state index >= 15 is 0 Å². The summed E-state index contributed by atoms with van der Waals surface area (Å²) in [5.41, 5.74) is 1.50. The summed E-state index contributed by atoms with van der Waals surface area (Å²) in [5, 5.41) is 19.8. The highest BCUT2D eigenvalue weighted by Gasteiger charge is 2.40. The lowest BCUT2D eigenvalue weighted by molar-refractivity contribution is -0.163. The molecule has 2 N–H and O–H groups in total. The number of carbonyl (C=O) groups is 1. The van der Waals surface area contributed by atoms with E-state index in [1.54, 1.807) is 6.33 Å². The Morgan fingerprint density at radius 3 is 2.57 bits per heavy atom. The van der Waals surface area contributed by atoms with Gasteiger partial charge < -0.3 is 15.2 Å². The lowest BCUT2D eigenvalue weighted by atomic mass is 9.79. The molecule has 0 amide bonds. The van der Waals surface area contributed by atoms with Gasteiger partial charge in [0.25, 0.3) is 0 Å². The lowest BCUT2D eigenvalue weighted by Crippen LogP contribution is -2.36. The molecule has 0 atom stereocenters. The second-order valence-electron chi connectivity index (χ2n) is 10.7. The zero-order chi connectivity index (χ0) is 25.4. The summed E-state index contributed by atoms with van der Waals surface area (Å²) in [6.45, 7) is 11.8. The molecule has 1 aromatic carbocycles. The van der Waals surface area contributed by atoms with E-state index in [1.807, 2.05) is 50.7 Å². The normalized spacial score (nSPS) is 20.7. The molecular weight excluding hydrogens is 462 g/mol. The summed E-state index contributed by atoms with van der Waals surface area (Å²) in [7, 11) is 0. The van der Waals surface area contributed by atoms with E-state index in [0.717, 1.165) is 21.7 Å². The van der Waals surface area contributed by atoms with Gasteiger partial charge in [-0.25, -0.2) is 14.6 Å². The molecule has 8 nitrogen and oxygen atoms in total. The maximum absolute atomic E-state index is 12.4. The molecule has 2 heterocycles. The number of hydrogen-bond donors (Lipinski definition) is 2. The van der Waals surface area contributed by atoms with Gasteiger partial charge in [0.15, 0.2) is 0 Å². The van der Waals surface area contributed by atoms with E-state index in [0.29, 0.717) is 36.6 Å². The van der Waals surface area contributed by atoms with Gasteiger partial charge in [0.1, 0.15) is 22.5 Å². The number of rotatable bonds is 6. The van der Waals surface area contributed by atoms with Crippen molar-refractivity contribution in [2.24, 2.45) is 5.92 Å². The number of nitrogens with one attached hydrogen (secondary N) is 1. The van der Waals surface area contributed by atoms with Gasteiger partial charge in [0, 0.05) is 17.9 Å². The number of aromatic nitrogens is 4. The van der Waals surface area contributed by atoms with Crippen molar-refractivity contribution in [1.82, 2.24) is 19.7 Å². The van der Waals surface area contributed by atoms with Crippen molar-refractivity contribution in [2.45, 2.75) is 84.5 Å². The van der Waals surface area contributed by atoms with Crippen molar-refractivity contribution >= 4 is 28.9 Å². The number of anilines is 2. The quantitative estimate of drug-likeness (QED) is 0.418. The summed E-state index contributed by atoms with van der Waals surface area (Å²) >= 11 is 1.50. The molecule has 0 saturated heterocycles. The van der Waals surface area contributed by atoms with Crippen LogP contribution in [0.3, 0.4) is 0 Å². The first-order chi connectivity index (χ1) is 16.4. The molecule has 4 rings (SSSR count). The SMILES string of the molecule is Cc1cc(Nc2ncn(C(C)C)n2)cc(-c2cnc([C@]3(O)CC[C@@H](C(=O)OC(C)(C)C)CC3)s2)c1. The minimum absolute atomic E-state index is 0.174. The van der Waals surface area contributed by atoms with Crippen LogP contribution in [-0.4, -0.2) is 36.4 Å². The molecule has 1 saturated carbocycles. The Hall–Kier alpha value is -2.78. The molecule has 1 aliphatic carbocycles. The van der Waals surface area contributed by atoms with Crippen LogP contribution in [0.25, 0.3) is 10.4 Å². The fourth-order valence-corrected chi connectivity index (χ4v) is 5.31. The summed E-state index contributed by atoms with van der Waals surface area (Å²) in [6.07, 6.45) is 5.71. The maximum Gasteiger partial charge on any atom is 0.309 e. The molecule has 9 heteroatoms. The van der Waals surface area contributed by atoms with E-state index in [9.17, 15) is 9.90 Å². The van der Waals surface area contributed by atoms with Crippen LogP contribution in [0.15, 0.2) is 30.7 Å². The monoisotopic (exact) mass is 497 g/mol. The van der Waals surface area contributed by atoms with E-state index < -0.39 is 11.2 Å². The van der Waals surface area contributed by atoms with Gasteiger partial charge in [-0.1, -0.05) is 6.07 Å². The zero-order valence-corrected chi connectivity index (χ0v) is 22.1. The van der Waals surface area contributed by atoms with Crippen molar-refractivity contribution in [2.75, 3.05) is 5.32 Å².